The van der Waals surface area contributed by atoms with Crippen molar-refractivity contribution in [3.05, 3.63) is 0 Å². The molecule has 2 atom stereocenters. The van der Waals surface area contributed by atoms with Gasteiger partial charge in [-0.15, -0.1) is 0 Å². The Kier molecular flexibility index (Phi) is 8.22. The zero-order chi connectivity index (χ0) is 15.7. The number of likely N-dealkylation sites (N-methyl/N-ethyl adjacent to an activating group) is 1. The van der Waals surface area contributed by atoms with E-state index in [0.717, 1.165) is 32.7 Å². The number of aliphatic carboxylic acids is 1. The quantitative estimate of drug-likeness (QED) is 0.646. The SMILES string of the molecule is CCNC(CC)(CCCN1CCCC(COC)C1)C(=O)O. The Morgan fingerprint density at radius 2 is 2.24 bits per heavy atom. The van der Waals surface area contributed by atoms with Crippen LogP contribution < -0.4 is 5.32 Å². The van der Waals surface area contributed by atoms with E-state index in [9.17, 15) is 9.90 Å². The number of hydrogen-bond acceptors (Lipinski definition) is 4. The van der Waals surface area contributed by atoms with Crippen LogP contribution in [0.5, 0.6) is 0 Å². The molecular formula is C16H32N2O3. The maximum atomic E-state index is 11.6. The smallest absolute Gasteiger partial charge is 0.323 e. The van der Waals surface area contributed by atoms with Gasteiger partial charge in [-0.1, -0.05) is 13.8 Å². The summed E-state index contributed by atoms with van der Waals surface area (Å²) in [5.41, 5.74) is -0.754. The van der Waals surface area contributed by atoms with Gasteiger partial charge in [0.25, 0.3) is 0 Å². The van der Waals surface area contributed by atoms with E-state index in [1.807, 2.05) is 13.8 Å². The Hall–Kier alpha value is -0.650. The van der Waals surface area contributed by atoms with Crippen molar-refractivity contribution in [1.29, 1.82) is 0 Å². The number of carboxylic acids is 1. The zero-order valence-corrected chi connectivity index (χ0v) is 13.9. The molecule has 0 saturated carbocycles. The Morgan fingerprint density at radius 3 is 2.81 bits per heavy atom. The maximum Gasteiger partial charge on any atom is 0.323 e. The molecule has 1 rings (SSSR count). The highest BCUT2D eigenvalue weighted by Gasteiger charge is 2.35. The van der Waals surface area contributed by atoms with Crippen LogP contribution in [0.3, 0.4) is 0 Å². The molecule has 0 aromatic carbocycles. The summed E-state index contributed by atoms with van der Waals surface area (Å²) >= 11 is 0. The molecule has 0 aromatic heterocycles. The lowest BCUT2D eigenvalue weighted by Gasteiger charge is -2.34. The fraction of sp³-hybridized carbons (Fsp3) is 0.938. The number of ether oxygens (including phenoxy) is 1. The van der Waals surface area contributed by atoms with Crippen LogP contribution in [0.15, 0.2) is 0 Å². The summed E-state index contributed by atoms with van der Waals surface area (Å²) in [5.74, 6) is -0.0873. The molecular weight excluding hydrogens is 268 g/mol. The fourth-order valence-electron chi connectivity index (χ4n) is 3.39. The summed E-state index contributed by atoms with van der Waals surface area (Å²) in [6, 6.07) is 0. The number of hydrogen-bond donors (Lipinski definition) is 2. The third kappa shape index (κ3) is 5.57. The van der Waals surface area contributed by atoms with E-state index in [0.29, 0.717) is 25.3 Å². The van der Waals surface area contributed by atoms with Gasteiger partial charge in [0.1, 0.15) is 5.54 Å². The van der Waals surface area contributed by atoms with E-state index in [1.165, 1.54) is 12.8 Å². The minimum atomic E-state index is -0.754. The number of carboxylic acid groups (broad SMARTS) is 1. The lowest BCUT2D eigenvalue weighted by atomic mass is 9.90. The van der Waals surface area contributed by atoms with Crippen molar-refractivity contribution < 1.29 is 14.6 Å². The topological polar surface area (TPSA) is 61.8 Å². The van der Waals surface area contributed by atoms with E-state index in [4.69, 9.17) is 4.74 Å². The van der Waals surface area contributed by atoms with E-state index in [1.54, 1.807) is 7.11 Å². The highest BCUT2D eigenvalue weighted by Crippen LogP contribution is 2.21. The molecule has 1 fully saturated rings. The van der Waals surface area contributed by atoms with Gasteiger partial charge in [-0.25, -0.2) is 0 Å². The van der Waals surface area contributed by atoms with Gasteiger partial charge >= 0.3 is 5.97 Å². The standard InChI is InChI=1S/C16H32N2O3/c1-4-16(15(19)20,17-5-2)9-7-11-18-10-6-8-14(12-18)13-21-3/h14,17H,4-13H2,1-3H3,(H,19,20). The van der Waals surface area contributed by atoms with Gasteiger partial charge in [0.05, 0.1) is 6.61 Å². The summed E-state index contributed by atoms with van der Waals surface area (Å²) in [7, 11) is 1.76. The second-order valence-electron chi connectivity index (χ2n) is 6.14. The van der Waals surface area contributed by atoms with Crippen LogP contribution in [0.2, 0.25) is 0 Å². The Morgan fingerprint density at radius 1 is 1.48 bits per heavy atom. The Bertz CT molecular complexity index is 310. The molecule has 124 valence electrons. The normalized spacial score (nSPS) is 22.9. The van der Waals surface area contributed by atoms with Gasteiger partial charge in [-0.3, -0.25) is 4.79 Å². The number of carbonyl (C=O) groups is 1. The monoisotopic (exact) mass is 300 g/mol. The predicted molar refractivity (Wildman–Crippen MR) is 84.6 cm³/mol. The Labute approximate surface area is 129 Å². The van der Waals surface area contributed by atoms with Gasteiger partial charge in [0.2, 0.25) is 0 Å². The first-order valence-electron chi connectivity index (χ1n) is 8.27. The largest absolute Gasteiger partial charge is 0.480 e. The summed E-state index contributed by atoms with van der Waals surface area (Å²) < 4.78 is 5.25. The number of nitrogens with zero attached hydrogens (tertiary/aromatic N) is 1. The Balaban J connectivity index is 2.41. The summed E-state index contributed by atoms with van der Waals surface area (Å²) in [6.45, 7) is 8.65. The average molecular weight is 300 g/mol. The number of nitrogens with one attached hydrogen (secondary N) is 1. The molecule has 1 heterocycles. The van der Waals surface area contributed by atoms with E-state index < -0.39 is 11.5 Å². The number of rotatable bonds is 10. The molecule has 0 aromatic rings. The van der Waals surface area contributed by atoms with Crippen LogP contribution in [0.25, 0.3) is 0 Å². The van der Waals surface area contributed by atoms with E-state index in [-0.39, 0.29) is 0 Å². The van der Waals surface area contributed by atoms with Crippen LogP contribution >= 0.6 is 0 Å². The molecule has 0 aliphatic carbocycles. The van der Waals surface area contributed by atoms with Crippen LogP contribution in [0.4, 0.5) is 0 Å². The van der Waals surface area contributed by atoms with E-state index >= 15 is 0 Å². The van der Waals surface area contributed by atoms with Crippen molar-refractivity contribution in [2.75, 3.05) is 39.9 Å². The van der Waals surface area contributed by atoms with Gasteiger partial charge in [0.15, 0.2) is 0 Å². The van der Waals surface area contributed by atoms with Crippen LogP contribution in [-0.2, 0) is 9.53 Å². The van der Waals surface area contributed by atoms with Crippen molar-refractivity contribution in [3.8, 4) is 0 Å². The molecule has 2 unspecified atom stereocenters. The molecule has 5 heteroatoms. The van der Waals surface area contributed by atoms with Crippen molar-refractivity contribution in [2.45, 2.75) is 51.5 Å². The first kappa shape index (κ1) is 18.4. The summed E-state index contributed by atoms with van der Waals surface area (Å²) in [4.78, 5) is 14.0. The third-order valence-corrected chi connectivity index (χ3v) is 4.61. The second-order valence-corrected chi connectivity index (χ2v) is 6.14. The lowest BCUT2D eigenvalue weighted by Crippen LogP contribution is -2.52. The van der Waals surface area contributed by atoms with Crippen molar-refractivity contribution >= 4 is 5.97 Å². The molecule has 1 aliphatic heterocycles. The lowest BCUT2D eigenvalue weighted by molar-refractivity contribution is -0.145. The average Bonchev–Trinajstić information content (AvgIpc) is 2.47. The first-order valence-corrected chi connectivity index (χ1v) is 8.27. The molecule has 0 bridgehead atoms. The molecule has 0 radical (unpaired) electrons. The van der Waals surface area contributed by atoms with Gasteiger partial charge in [0, 0.05) is 13.7 Å². The predicted octanol–water partition coefficient (Wildman–Crippen LogP) is 1.97. The van der Waals surface area contributed by atoms with Crippen LogP contribution in [0.1, 0.15) is 46.0 Å². The van der Waals surface area contributed by atoms with Gasteiger partial charge in [-0.2, -0.15) is 0 Å². The van der Waals surface area contributed by atoms with Crippen LogP contribution in [-0.4, -0.2) is 61.4 Å². The third-order valence-electron chi connectivity index (χ3n) is 4.61. The zero-order valence-electron chi connectivity index (χ0n) is 13.9. The fourth-order valence-corrected chi connectivity index (χ4v) is 3.39. The molecule has 5 nitrogen and oxygen atoms in total. The van der Waals surface area contributed by atoms with Crippen molar-refractivity contribution in [3.63, 3.8) is 0 Å². The number of likely N-dealkylation sites (tertiary alicyclic amines) is 1. The molecule has 0 spiro atoms. The van der Waals surface area contributed by atoms with Crippen molar-refractivity contribution in [2.24, 2.45) is 5.92 Å². The summed E-state index contributed by atoms with van der Waals surface area (Å²) in [6.07, 6.45) is 4.71. The highest BCUT2D eigenvalue weighted by atomic mass is 16.5. The number of methoxy groups -OCH3 is 1. The highest BCUT2D eigenvalue weighted by molar-refractivity contribution is 5.78. The molecule has 1 saturated heterocycles. The van der Waals surface area contributed by atoms with E-state index in [2.05, 4.69) is 10.2 Å². The molecule has 2 N–H and O–H groups in total. The maximum absolute atomic E-state index is 11.6. The summed E-state index contributed by atoms with van der Waals surface area (Å²) in [5, 5.41) is 12.7. The molecule has 1 aliphatic rings. The van der Waals surface area contributed by atoms with Gasteiger partial charge in [-0.05, 0) is 57.7 Å². The number of piperidine rings is 1. The molecule has 21 heavy (non-hydrogen) atoms. The second kappa shape index (κ2) is 9.38. The minimum absolute atomic E-state index is 0.627. The first-order chi connectivity index (χ1) is 10.1. The van der Waals surface area contributed by atoms with Gasteiger partial charge < -0.3 is 20.1 Å². The molecule has 0 amide bonds. The minimum Gasteiger partial charge on any atom is -0.480 e. The van der Waals surface area contributed by atoms with Crippen LogP contribution in [0, 0.1) is 5.92 Å². The van der Waals surface area contributed by atoms with Crippen molar-refractivity contribution in [1.82, 2.24) is 10.2 Å².